The quantitative estimate of drug-likeness (QED) is 0.686. The Balaban J connectivity index is 2.16. The number of rotatable bonds is 8. The molecule has 0 aromatic heterocycles. The third-order valence-corrected chi connectivity index (χ3v) is 3.44. The zero-order valence-corrected chi connectivity index (χ0v) is 11.8. The van der Waals surface area contributed by atoms with E-state index in [1.807, 2.05) is 0 Å². The minimum Gasteiger partial charge on any atom is -0.479 e. The molecule has 0 aliphatic carbocycles. The van der Waals surface area contributed by atoms with Crippen LogP contribution in [-0.4, -0.2) is 47.7 Å². The minimum atomic E-state index is -0.989. The van der Waals surface area contributed by atoms with Crippen LogP contribution in [0.15, 0.2) is 0 Å². The van der Waals surface area contributed by atoms with Crippen molar-refractivity contribution in [1.82, 2.24) is 4.90 Å². The van der Waals surface area contributed by atoms with E-state index in [0.29, 0.717) is 19.6 Å². The average molecular weight is 271 g/mol. The van der Waals surface area contributed by atoms with Crippen molar-refractivity contribution in [3.8, 4) is 0 Å². The van der Waals surface area contributed by atoms with Crippen molar-refractivity contribution in [2.75, 3.05) is 19.7 Å². The number of morpholine rings is 1. The Bertz CT molecular complexity index is 293. The molecule has 1 fully saturated rings. The second kappa shape index (κ2) is 8.91. The number of nitrogens with zero attached hydrogens (tertiary/aromatic N) is 1. The van der Waals surface area contributed by atoms with Gasteiger partial charge in [0.15, 0.2) is 6.10 Å². The summed E-state index contributed by atoms with van der Waals surface area (Å²) in [5, 5.41) is 8.87. The van der Waals surface area contributed by atoms with Crippen molar-refractivity contribution in [1.29, 1.82) is 0 Å². The molecule has 110 valence electrons. The molecule has 0 aromatic rings. The highest BCUT2D eigenvalue weighted by Crippen LogP contribution is 2.11. The second-order valence-electron chi connectivity index (χ2n) is 5.06. The van der Waals surface area contributed by atoms with Gasteiger partial charge in [0, 0.05) is 13.0 Å². The lowest BCUT2D eigenvalue weighted by Gasteiger charge is -2.30. The summed E-state index contributed by atoms with van der Waals surface area (Å²) in [6, 6.07) is 0. The normalized spacial score (nSPS) is 19.4. The minimum absolute atomic E-state index is 0.0602. The molecule has 0 aromatic carbocycles. The van der Waals surface area contributed by atoms with Gasteiger partial charge in [0.1, 0.15) is 0 Å². The summed E-state index contributed by atoms with van der Waals surface area (Å²) < 4.78 is 5.10. The number of carbonyl (C=O) groups is 2. The predicted molar refractivity (Wildman–Crippen MR) is 71.9 cm³/mol. The lowest BCUT2D eigenvalue weighted by Crippen LogP contribution is -2.48. The van der Waals surface area contributed by atoms with Crippen LogP contribution >= 0.6 is 0 Å². The number of hydrogen-bond donors (Lipinski definition) is 1. The fourth-order valence-corrected chi connectivity index (χ4v) is 2.24. The van der Waals surface area contributed by atoms with E-state index in [9.17, 15) is 9.59 Å². The molecule has 1 N–H and O–H groups in total. The molecule has 0 radical (unpaired) electrons. The van der Waals surface area contributed by atoms with Crippen LogP contribution in [0.4, 0.5) is 0 Å². The van der Waals surface area contributed by atoms with E-state index in [4.69, 9.17) is 9.84 Å². The highest BCUT2D eigenvalue weighted by molar-refractivity contribution is 5.78. The monoisotopic (exact) mass is 271 g/mol. The standard InChI is InChI=1S/C14H25NO4/c1-2-3-4-5-6-7-8-13(16)15-9-10-19-12(11-15)14(17)18/h12H,2-11H2,1H3,(H,17,18). The van der Waals surface area contributed by atoms with E-state index >= 15 is 0 Å². The maximum atomic E-state index is 11.9. The maximum absolute atomic E-state index is 11.9. The smallest absolute Gasteiger partial charge is 0.334 e. The van der Waals surface area contributed by atoms with Gasteiger partial charge in [-0.05, 0) is 6.42 Å². The molecule has 19 heavy (non-hydrogen) atoms. The largest absolute Gasteiger partial charge is 0.479 e. The zero-order valence-electron chi connectivity index (χ0n) is 11.8. The van der Waals surface area contributed by atoms with Crippen molar-refractivity contribution < 1.29 is 19.4 Å². The van der Waals surface area contributed by atoms with Crippen LogP contribution in [0.2, 0.25) is 0 Å². The molecule has 5 nitrogen and oxygen atoms in total. The lowest BCUT2D eigenvalue weighted by atomic mass is 10.1. The van der Waals surface area contributed by atoms with Gasteiger partial charge in [0.05, 0.1) is 13.2 Å². The van der Waals surface area contributed by atoms with Crippen LogP contribution in [0.1, 0.15) is 51.9 Å². The molecule has 0 bridgehead atoms. The molecule has 0 saturated carbocycles. The van der Waals surface area contributed by atoms with E-state index in [-0.39, 0.29) is 12.5 Å². The van der Waals surface area contributed by atoms with Crippen molar-refractivity contribution in [3.63, 3.8) is 0 Å². The molecule has 1 aliphatic heterocycles. The van der Waals surface area contributed by atoms with Gasteiger partial charge < -0.3 is 14.7 Å². The molecule has 0 spiro atoms. The summed E-state index contributed by atoms with van der Waals surface area (Å²) in [7, 11) is 0. The van der Waals surface area contributed by atoms with E-state index in [2.05, 4.69) is 6.92 Å². The molecule has 1 aliphatic rings. The lowest BCUT2D eigenvalue weighted by molar-refractivity contribution is -0.159. The molecule has 1 atom stereocenters. The van der Waals surface area contributed by atoms with Crippen LogP contribution in [0.5, 0.6) is 0 Å². The Morgan fingerprint density at radius 1 is 1.21 bits per heavy atom. The first-order valence-electron chi connectivity index (χ1n) is 7.27. The van der Waals surface area contributed by atoms with E-state index in [1.165, 1.54) is 25.7 Å². The maximum Gasteiger partial charge on any atom is 0.334 e. The highest BCUT2D eigenvalue weighted by atomic mass is 16.5. The SMILES string of the molecule is CCCCCCCCC(=O)N1CCOC(C(=O)O)C1. The van der Waals surface area contributed by atoms with Crippen LogP contribution in [0.25, 0.3) is 0 Å². The van der Waals surface area contributed by atoms with Gasteiger partial charge in [-0.1, -0.05) is 39.0 Å². The van der Waals surface area contributed by atoms with Gasteiger partial charge in [0.2, 0.25) is 5.91 Å². The van der Waals surface area contributed by atoms with E-state index in [1.54, 1.807) is 4.90 Å². The number of carboxylic acids is 1. The van der Waals surface area contributed by atoms with Crippen LogP contribution < -0.4 is 0 Å². The van der Waals surface area contributed by atoms with Crippen LogP contribution in [0, 0.1) is 0 Å². The Morgan fingerprint density at radius 2 is 1.89 bits per heavy atom. The molecular weight excluding hydrogens is 246 g/mol. The fourth-order valence-electron chi connectivity index (χ4n) is 2.24. The third kappa shape index (κ3) is 6.05. The number of carbonyl (C=O) groups excluding carboxylic acids is 1. The highest BCUT2D eigenvalue weighted by Gasteiger charge is 2.28. The van der Waals surface area contributed by atoms with Gasteiger partial charge in [0.25, 0.3) is 0 Å². The third-order valence-electron chi connectivity index (χ3n) is 3.44. The van der Waals surface area contributed by atoms with Gasteiger partial charge in [-0.3, -0.25) is 4.79 Å². The Hall–Kier alpha value is -1.10. The van der Waals surface area contributed by atoms with Gasteiger partial charge in [-0.2, -0.15) is 0 Å². The molecule has 1 amide bonds. The summed E-state index contributed by atoms with van der Waals surface area (Å²) in [6.45, 7) is 3.20. The molecule has 1 heterocycles. The Kier molecular flexibility index (Phi) is 7.48. The topological polar surface area (TPSA) is 66.8 Å². The number of aliphatic carboxylic acids is 1. The summed E-state index contributed by atoms with van der Waals surface area (Å²) >= 11 is 0. The number of amides is 1. The fraction of sp³-hybridized carbons (Fsp3) is 0.857. The Labute approximate surface area is 114 Å². The van der Waals surface area contributed by atoms with Gasteiger partial charge >= 0.3 is 5.97 Å². The van der Waals surface area contributed by atoms with Crippen molar-refractivity contribution in [3.05, 3.63) is 0 Å². The first kappa shape index (κ1) is 16.0. The van der Waals surface area contributed by atoms with Crippen LogP contribution in [-0.2, 0) is 14.3 Å². The van der Waals surface area contributed by atoms with Crippen molar-refractivity contribution >= 4 is 11.9 Å². The van der Waals surface area contributed by atoms with E-state index in [0.717, 1.165) is 12.8 Å². The Morgan fingerprint density at radius 3 is 2.58 bits per heavy atom. The molecule has 1 unspecified atom stereocenters. The molecule has 1 saturated heterocycles. The van der Waals surface area contributed by atoms with Crippen molar-refractivity contribution in [2.45, 2.75) is 58.0 Å². The number of carboxylic acid groups (broad SMARTS) is 1. The summed E-state index contributed by atoms with van der Waals surface area (Å²) in [4.78, 5) is 24.4. The first-order valence-corrected chi connectivity index (χ1v) is 7.27. The number of ether oxygens (including phenoxy) is 1. The summed E-state index contributed by atoms with van der Waals surface area (Å²) in [5.74, 6) is -0.929. The van der Waals surface area contributed by atoms with Gasteiger partial charge in [-0.15, -0.1) is 0 Å². The van der Waals surface area contributed by atoms with Gasteiger partial charge in [-0.25, -0.2) is 4.79 Å². The second-order valence-corrected chi connectivity index (χ2v) is 5.06. The summed E-state index contributed by atoms with van der Waals surface area (Å²) in [6.07, 6.45) is 6.56. The molecule has 5 heteroatoms. The zero-order chi connectivity index (χ0) is 14.1. The summed E-state index contributed by atoms with van der Waals surface area (Å²) in [5.41, 5.74) is 0. The number of hydrogen-bond acceptors (Lipinski definition) is 3. The van der Waals surface area contributed by atoms with Crippen LogP contribution in [0.3, 0.4) is 0 Å². The molecule has 1 rings (SSSR count). The average Bonchev–Trinajstić information content (AvgIpc) is 2.42. The first-order chi connectivity index (χ1) is 9.15. The van der Waals surface area contributed by atoms with E-state index < -0.39 is 12.1 Å². The van der Waals surface area contributed by atoms with Crippen molar-refractivity contribution in [2.24, 2.45) is 0 Å². The predicted octanol–water partition coefficient (Wildman–Crippen LogP) is 2.05. The number of unbranched alkanes of at least 4 members (excludes halogenated alkanes) is 5. The molecular formula is C14H25NO4.